The molecule has 1 aliphatic heterocycles. The van der Waals surface area contributed by atoms with Crippen LogP contribution in [0.15, 0.2) is 36.5 Å². The Hall–Kier alpha value is -2.69. The molecule has 5 nitrogen and oxygen atoms in total. The van der Waals surface area contributed by atoms with E-state index in [1.54, 1.807) is 12.1 Å². The number of fused-ring (bicyclic) bond motifs is 1. The normalized spacial score (nSPS) is 13.4. The van der Waals surface area contributed by atoms with Gasteiger partial charge in [-0.05, 0) is 44.5 Å². The third-order valence-corrected chi connectivity index (χ3v) is 3.49. The van der Waals surface area contributed by atoms with E-state index in [9.17, 15) is 9.59 Å². The molecular formula is C18H18N2O3. The zero-order valence-corrected chi connectivity index (χ0v) is 13.3. The van der Waals surface area contributed by atoms with E-state index < -0.39 is 11.6 Å². The van der Waals surface area contributed by atoms with Gasteiger partial charge < -0.3 is 10.1 Å². The van der Waals surface area contributed by atoms with E-state index in [0.29, 0.717) is 23.4 Å². The first-order valence-corrected chi connectivity index (χ1v) is 7.44. The zero-order valence-electron chi connectivity index (χ0n) is 13.3. The van der Waals surface area contributed by atoms with Crippen molar-refractivity contribution in [1.29, 1.82) is 0 Å². The van der Waals surface area contributed by atoms with Gasteiger partial charge in [0.05, 0.1) is 11.3 Å². The molecule has 1 amide bonds. The molecule has 0 unspecified atom stereocenters. The summed E-state index contributed by atoms with van der Waals surface area (Å²) in [5.74, 6) is -0.461. The molecule has 1 aliphatic rings. The summed E-state index contributed by atoms with van der Waals surface area (Å²) in [7, 11) is 0. The van der Waals surface area contributed by atoms with E-state index in [2.05, 4.69) is 10.3 Å². The first kappa shape index (κ1) is 15.2. The molecule has 1 aromatic carbocycles. The number of nitrogens with zero attached hydrogens (tertiary/aromatic N) is 1. The summed E-state index contributed by atoms with van der Waals surface area (Å²) in [5.41, 5.74) is 3.09. The maximum Gasteiger partial charge on any atom is 0.340 e. The van der Waals surface area contributed by atoms with Crippen molar-refractivity contribution in [1.82, 2.24) is 10.3 Å². The topological polar surface area (TPSA) is 68.3 Å². The number of carbonyl (C=O) groups is 2. The molecule has 0 aliphatic carbocycles. The fourth-order valence-corrected chi connectivity index (χ4v) is 2.39. The molecule has 118 valence electrons. The van der Waals surface area contributed by atoms with Crippen molar-refractivity contribution in [2.45, 2.75) is 32.9 Å². The van der Waals surface area contributed by atoms with Crippen molar-refractivity contribution >= 4 is 11.9 Å². The summed E-state index contributed by atoms with van der Waals surface area (Å²) >= 11 is 0. The molecular weight excluding hydrogens is 292 g/mol. The number of aromatic nitrogens is 1. The lowest BCUT2D eigenvalue weighted by molar-refractivity contribution is 0.00690. The summed E-state index contributed by atoms with van der Waals surface area (Å²) in [6.07, 6.45) is 1.50. The maximum absolute atomic E-state index is 12.0. The highest BCUT2D eigenvalue weighted by molar-refractivity contribution is 5.99. The number of amides is 1. The van der Waals surface area contributed by atoms with Crippen LogP contribution < -0.4 is 5.32 Å². The molecule has 0 bridgehead atoms. The van der Waals surface area contributed by atoms with Gasteiger partial charge in [0.15, 0.2) is 0 Å². The van der Waals surface area contributed by atoms with Crippen LogP contribution in [0, 0.1) is 0 Å². The summed E-state index contributed by atoms with van der Waals surface area (Å²) in [6.45, 7) is 6.03. The molecule has 0 saturated carbocycles. The quantitative estimate of drug-likeness (QED) is 0.866. The van der Waals surface area contributed by atoms with Crippen LogP contribution in [-0.2, 0) is 11.3 Å². The number of benzene rings is 1. The summed E-state index contributed by atoms with van der Waals surface area (Å²) in [4.78, 5) is 28.0. The number of rotatable bonds is 2. The van der Waals surface area contributed by atoms with Gasteiger partial charge in [-0.25, -0.2) is 4.79 Å². The standard InChI is InChI=1S/C18H18N2O3/c1-18(2,3)23-17(22)13-6-7-15(19-10-13)11-4-5-12-9-20-16(21)14(12)8-11/h4-8,10H,9H2,1-3H3,(H,20,21). The summed E-state index contributed by atoms with van der Waals surface area (Å²) in [5, 5.41) is 2.79. The highest BCUT2D eigenvalue weighted by atomic mass is 16.6. The summed E-state index contributed by atoms with van der Waals surface area (Å²) in [6, 6.07) is 9.12. The van der Waals surface area contributed by atoms with Gasteiger partial charge in [-0.1, -0.05) is 12.1 Å². The lowest BCUT2D eigenvalue weighted by Gasteiger charge is -2.19. The molecule has 2 heterocycles. The molecule has 0 fully saturated rings. The van der Waals surface area contributed by atoms with Crippen LogP contribution in [-0.4, -0.2) is 22.5 Å². The van der Waals surface area contributed by atoms with Gasteiger partial charge in [0.2, 0.25) is 0 Å². The molecule has 0 atom stereocenters. The van der Waals surface area contributed by atoms with Crippen LogP contribution in [0.25, 0.3) is 11.3 Å². The fourth-order valence-electron chi connectivity index (χ4n) is 2.39. The SMILES string of the molecule is CC(C)(C)OC(=O)c1ccc(-c2ccc3c(c2)C(=O)NC3)nc1. The lowest BCUT2D eigenvalue weighted by atomic mass is 10.0. The number of pyridine rings is 1. The molecule has 1 N–H and O–H groups in total. The zero-order chi connectivity index (χ0) is 16.6. The lowest BCUT2D eigenvalue weighted by Crippen LogP contribution is -2.23. The van der Waals surface area contributed by atoms with Gasteiger partial charge >= 0.3 is 5.97 Å². The second-order valence-electron chi connectivity index (χ2n) is 6.49. The number of carbonyl (C=O) groups excluding carboxylic acids is 2. The minimum Gasteiger partial charge on any atom is -0.456 e. The number of nitrogens with one attached hydrogen (secondary N) is 1. The van der Waals surface area contributed by atoms with Crippen molar-refractivity contribution in [2.24, 2.45) is 0 Å². The van der Waals surface area contributed by atoms with E-state index in [0.717, 1.165) is 11.1 Å². The molecule has 2 aromatic rings. The van der Waals surface area contributed by atoms with Gasteiger partial charge in [0, 0.05) is 23.9 Å². The third kappa shape index (κ3) is 3.23. The molecule has 23 heavy (non-hydrogen) atoms. The highest BCUT2D eigenvalue weighted by Gasteiger charge is 2.20. The number of hydrogen-bond donors (Lipinski definition) is 1. The third-order valence-electron chi connectivity index (χ3n) is 3.49. The maximum atomic E-state index is 12.0. The molecule has 5 heteroatoms. The van der Waals surface area contributed by atoms with Crippen molar-refractivity contribution < 1.29 is 14.3 Å². The van der Waals surface area contributed by atoms with Crippen LogP contribution in [0.1, 0.15) is 47.1 Å². The Morgan fingerprint density at radius 1 is 1.22 bits per heavy atom. The first-order valence-electron chi connectivity index (χ1n) is 7.44. The highest BCUT2D eigenvalue weighted by Crippen LogP contribution is 2.24. The van der Waals surface area contributed by atoms with Crippen LogP contribution in [0.2, 0.25) is 0 Å². The molecule has 0 saturated heterocycles. The van der Waals surface area contributed by atoms with Gasteiger partial charge in [0.1, 0.15) is 5.60 Å². The Kier molecular flexibility index (Phi) is 3.64. The largest absolute Gasteiger partial charge is 0.456 e. The smallest absolute Gasteiger partial charge is 0.340 e. The van der Waals surface area contributed by atoms with Crippen LogP contribution in [0.3, 0.4) is 0 Å². The Morgan fingerprint density at radius 2 is 2.00 bits per heavy atom. The molecule has 0 spiro atoms. The van der Waals surface area contributed by atoms with Gasteiger partial charge in [-0.3, -0.25) is 9.78 Å². The molecule has 0 radical (unpaired) electrons. The van der Waals surface area contributed by atoms with Gasteiger partial charge in [0.25, 0.3) is 5.91 Å². The predicted octanol–water partition coefficient (Wildman–Crippen LogP) is 2.95. The predicted molar refractivity (Wildman–Crippen MR) is 86.0 cm³/mol. The van der Waals surface area contributed by atoms with Crippen molar-refractivity contribution in [2.75, 3.05) is 0 Å². The Morgan fingerprint density at radius 3 is 2.65 bits per heavy atom. The first-order chi connectivity index (χ1) is 10.8. The van der Waals surface area contributed by atoms with E-state index >= 15 is 0 Å². The molecule has 1 aromatic heterocycles. The number of hydrogen-bond acceptors (Lipinski definition) is 4. The van der Waals surface area contributed by atoms with Crippen molar-refractivity contribution in [3.8, 4) is 11.3 Å². The Balaban J connectivity index is 1.84. The van der Waals surface area contributed by atoms with Crippen LogP contribution in [0.4, 0.5) is 0 Å². The number of ether oxygens (including phenoxy) is 1. The van der Waals surface area contributed by atoms with Crippen LogP contribution >= 0.6 is 0 Å². The minimum absolute atomic E-state index is 0.0628. The molecule has 3 rings (SSSR count). The Bertz CT molecular complexity index is 774. The minimum atomic E-state index is -0.539. The van der Waals surface area contributed by atoms with Gasteiger partial charge in [-0.2, -0.15) is 0 Å². The van der Waals surface area contributed by atoms with Gasteiger partial charge in [-0.15, -0.1) is 0 Å². The number of esters is 1. The van der Waals surface area contributed by atoms with Crippen LogP contribution in [0.5, 0.6) is 0 Å². The van der Waals surface area contributed by atoms with E-state index in [1.165, 1.54) is 6.20 Å². The van der Waals surface area contributed by atoms with Crippen molar-refractivity contribution in [3.05, 3.63) is 53.2 Å². The van der Waals surface area contributed by atoms with E-state index in [-0.39, 0.29) is 5.91 Å². The second kappa shape index (κ2) is 5.50. The Labute approximate surface area is 134 Å². The average molecular weight is 310 g/mol. The van der Waals surface area contributed by atoms with E-state index in [4.69, 9.17) is 4.74 Å². The fraction of sp³-hybridized carbons (Fsp3) is 0.278. The average Bonchev–Trinajstić information content (AvgIpc) is 2.87. The second-order valence-corrected chi connectivity index (χ2v) is 6.49. The van der Waals surface area contributed by atoms with Crippen molar-refractivity contribution in [3.63, 3.8) is 0 Å². The van der Waals surface area contributed by atoms with E-state index in [1.807, 2.05) is 39.0 Å². The monoisotopic (exact) mass is 310 g/mol. The summed E-state index contributed by atoms with van der Waals surface area (Å²) < 4.78 is 5.31.